The first kappa shape index (κ1) is 20.4. The van der Waals surface area contributed by atoms with Gasteiger partial charge in [0.15, 0.2) is 0 Å². The van der Waals surface area contributed by atoms with E-state index in [0.717, 1.165) is 30.3 Å². The molecule has 3 aromatic rings. The van der Waals surface area contributed by atoms with Crippen molar-refractivity contribution in [3.63, 3.8) is 0 Å². The van der Waals surface area contributed by atoms with Crippen LogP contribution in [0.5, 0.6) is 0 Å². The van der Waals surface area contributed by atoms with Crippen LogP contribution in [0.2, 0.25) is 0 Å². The number of alkyl halides is 6. The molecule has 2 aromatic carbocycles. The van der Waals surface area contributed by atoms with E-state index in [1.165, 1.54) is 0 Å². The molecule has 28 heavy (non-hydrogen) atoms. The number of fused-ring (bicyclic) bond motifs is 1. The maximum absolute atomic E-state index is 13.7. The molecule has 148 valence electrons. The Bertz CT molecular complexity index is 1080. The molecule has 1 nitrogen and oxygen atoms in total. The predicted molar refractivity (Wildman–Crippen MR) is 89.2 cm³/mol. The average Bonchev–Trinajstić information content (AvgIpc) is 2.91. The van der Waals surface area contributed by atoms with Crippen LogP contribution in [-0.4, -0.2) is 6.18 Å². The Morgan fingerprint density at radius 2 is 1.50 bits per heavy atom. The summed E-state index contributed by atoms with van der Waals surface area (Å²) in [6, 6.07) is 4.77. The van der Waals surface area contributed by atoms with E-state index in [-0.39, 0.29) is 10.0 Å². The average molecular weight is 471 g/mol. The predicted octanol–water partition coefficient (Wildman–Crippen LogP) is 7.60. The molecule has 0 amide bonds. The molecule has 0 bridgehead atoms. The lowest BCUT2D eigenvalue weighted by Crippen LogP contribution is -2.15. The fraction of sp³-hybridized carbons (Fsp3) is 0.111. The summed E-state index contributed by atoms with van der Waals surface area (Å²) in [4.78, 5) is 0. The first-order valence-electron chi connectivity index (χ1n) is 7.41. The quantitative estimate of drug-likeness (QED) is 0.351. The van der Waals surface area contributed by atoms with Gasteiger partial charge in [0.1, 0.15) is 17.2 Å². The van der Waals surface area contributed by atoms with Gasteiger partial charge >= 0.3 is 12.4 Å². The number of hydrogen-bond donors (Lipinski definition) is 0. The molecular weight excluding hydrogens is 464 g/mol. The summed E-state index contributed by atoms with van der Waals surface area (Å²) in [6.45, 7) is 0. The largest absolute Gasteiger partial charge is 0.451 e. The van der Waals surface area contributed by atoms with Crippen LogP contribution >= 0.6 is 15.9 Å². The third kappa shape index (κ3) is 3.91. The van der Waals surface area contributed by atoms with Crippen molar-refractivity contribution in [1.82, 2.24) is 0 Å². The van der Waals surface area contributed by atoms with E-state index >= 15 is 0 Å². The number of hydrogen-bond acceptors (Lipinski definition) is 1. The fourth-order valence-electron chi connectivity index (χ4n) is 2.61. The molecule has 0 aliphatic carbocycles. The van der Waals surface area contributed by atoms with Gasteiger partial charge in [-0.15, -0.1) is 0 Å². The number of halogens is 9. The number of rotatable bonds is 2. The molecule has 0 saturated heterocycles. The first-order valence-corrected chi connectivity index (χ1v) is 8.21. The lowest BCUT2D eigenvalue weighted by molar-refractivity contribution is -0.152. The van der Waals surface area contributed by atoms with Gasteiger partial charge < -0.3 is 4.42 Å². The Hall–Kier alpha value is -2.36. The van der Waals surface area contributed by atoms with E-state index in [9.17, 15) is 35.1 Å². The van der Waals surface area contributed by atoms with Gasteiger partial charge in [0.2, 0.25) is 5.76 Å². The van der Waals surface area contributed by atoms with Gasteiger partial charge in [0.05, 0.1) is 5.57 Å². The Balaban J connectivity index is 2.38. The van der Waals surface area contributed by atoms with Gasteiger partial charge in [-0.05, 0) is 35.9 Å². The van der Waals surface area contributed by atoms with E-state index in [0.29, 0.717) is 12.1 Å². The monoisotopic (exact) mass is 470 g/mol. The topological polar surface area (TPSA) is 13.1 Å². The van der Waals surface area contributed by atoms with Crippen molar-refractivity contribution in [3.05, 3.63) is 69.4 Å². The third-order valence-electron chi connectivity index (χ3n) is 3.75. The molecule has 0 spiro atoms. The summed E-state index contributed by atoms with van der Waals surface area (Å²) in [7, 11) is 0. The second-order valence-electron chi connectivity index (χ2n) is 5.67. The van der Waals surface area contributed by atoms with Crippen LogP contribution in [0.15, 0.2) is 45.3 Å². The molecule has 0 atom stereocenters. The highest BCUT2D eigenvalue weighted by Gasteiger charge is 2.46. The van der Waals surface area contributed by atoms with E-state index in [1.54, 1.807) is 0 Å². The Morgan fingerprint density at radius 3 is 2.07 bits per heavy atom. The van der Waals surface area contributed by atoms with Crippen molar-refractivity contribution < 1.29 is 39.5 Å². The zero-order valence-electron chi connectivity index (χ0n) is 13.4. The van der Waals surface area contributed by atoms with Gasteiger partial charge in [-0.25, -0.2) is 8.78 Å². The van der Waals surface area contributed by atoms with E-state index in [2.05, 4.69) is 20.3 Å². The minimum atomic E-state index is -5.27. The van der Waals surface area contributed by atoms with Crippen molar-refractivity contribution >= 4 is 38.5 Å². The molecule has 1 aromatic heterocycles. The van der Waals surface area contributed by atoms with Crippen molar-refractivity contribution in [1.29, 1.82) is 0 Å². The maximum atomic E-state index is 13.7. The van der Waals surface area contributed by atoms with Crippen LogP contribution in [0.3, 0.4) is 0 Å². The molecule has 3 rings (SSSR count). The van der Waals surface area contributed by atoms with Crippen molar-refractivity contribution in [3.8, 4) is 0 Å². The third-order valence-corrected chi connectivity index (χ3v) is 4.43. The van der Waals surface area contributed by atoms with Crippen molar-refractivity contribution in [2.24, 2.45) is 0 Å². The molecule has 10 heteroatoms. The Kier molecular flexibility index (Phi) is 5.03. The summed E-state index contributed by atoms with van der Waals surface area (Å²) in [5, 5.41) is -0.560. The van der Waals surface area contributed by atoms with Crippen LogP contribution in [0, 0.1) is 11.6 Å². The zero-order chi connectivity index (χ0) is 20.9. The van der Waals surface area contributed by atoms with Crippen LogP contribution in [-0.2, 0) is 6.18 Å². The fourth-order valence-corrected chi connectivity index (χ4v) is 3.07. The van der Waals surface area contributed by atoms with Gasteiger partial charge in [-0.2, -0.15) is 26.3 Å². The second kappa shape index (κ2) is 6.91. The van der Waals surface area contributed by atoms with E-state index < -0.39 is 51.9 Å². The molecule has 0 unspecified atom stereocenters. The normalized spacial score (nSPS) is 13.4. The van der Waals surface area contributed by atoms with Gasteiger partial charge in [0.25, 0.3) is 0 Å². The first-order chi connectivity index (χ1) is 12.9. The lowest BCUT2D eigenvalue weighted by Gasteiger charge is -2.14. The SMILES string of the molecule is Fc1ccc(C=C(c2c(C(F)(F)F)oc3cc(F)ccc23)C(F)(F)F)c(Br)c1. The molecule has 1 heterocycles. The summed E-state index contributed by atoms with van der Waals surface area (Å²) in [5.74, 6) is -3.63. The molecule has 0 aliphatic rings. The molecule has 0 fully saturated rings. The standard InChI is InChI=1S/C18H7BrF8O/c19-13-6-9(20)2-1-8(13)5-12(17(22,23)24)15-11-4-3-10(21)7-14(11)28-16(15)18(25,26)27/h1-7H. The summed E-state index contributed by atoms with van der Waals surface area (Å²) >= 11 is 2.88. The second-order valence-corrected chi connectivity index (χ2v) is 6.52. The highest BCUT2D eigenvalue weighted by Crippen LogP contribution is 2.47. The minimum Gasteiger partial charge on any atom is -0.451 e. The summed E-state index contributed by atoms with van der Waals surface area (Å²) < 4.78 is 112. The summed E-state index contributed by atoms with van der Waals surface area (Å²) in [6.07, 6.45) is -10.1. The minimum absolute atomic E-state index is 0.0957. The Morgan fingerprint density at radius 1 is 0.893 bits per heavy atom. The zero-order valence-corrected chi connectivity index (χ0v) is 14.9. The smallest absolute Gasteiger partial charge is 0.450 e. The van der Waals surface area contributed by atoms with Crippen molar-refractivity contribution in [2.75, 3.05) is 0 Å². The maximum Gasteiger partial charge on any atom is 0.450 e. The lowest BCUT2D eigenvalue weighted by atomic mass is 9.98. The van der Waals surface area contributed by atoms with Crippen molar-refractivity contribution in [2.45, 2.75) is 12.4 Å². The van der Waals surface area contributed by atoms with Crippen LogP contribution < -0.4 is 0 Å². The Labute approximate surface area is 160 Å². The van der Waals surface area contributed by atoms with Gasteiger partial charge in [-0.1, -0.05) is 22.0 Å². The van der Waals surface area contributed by atoms with Crippen LogP contribution in [0.25, 0.3) is 22.6 Å². The van der Waals surface area contributed by atoms with Crippen LogP contribution in [0.4, 0.5) is 35.1 Å². The van der Waals surface area contributed by atoms with Gasteiger partial charge in [-0.3, -0.25) is 0 Å². The number of furan rings is 1. The summed E-state index contributed by atoms with van der Waals surface area (Å²) in [5.41, 5.74) is -3.84. The molecular formula is C18H7BrF8O. The highest BCUT2D eigenvalue weighted by molar-refractivity contribution is 9.10. The van der Waals surface area contributed by atoms with E-state index in [1.807, 2.05) is 0 Å². The molecule has 0 N–H and O–H groups in total. The molecule has 0 saturated carbocycles. The number of benzene rings is 2. The molecule has 0 radical (unpaired) electrons. The molecule has 0 aliphatic heterocycles. The number of allylic oxidation sites excluding steroid dienone is 1. The van der Waals surface area contributed by atoms with Gasteiger partial charge in [0, 0.05) is 21.5 Å². The van der Waals surface area contributed by atoms with E-state index in [4.69, 9.17) is 0 Å². The highest BCUT2D eigenvalue weighted by atomic mass is 79.9. The van der Waals surface area contributed by atoms with Crippen LogP contribution in [0.1, 0.15) is 16.9 Å².